The number of hydrogen-bond acceptors (Lipinski definition) is 3. The molecule has 5 nitrogen and oxygen atoms in total. The van der Waals surface area contributed by atoms with E-state index in [1.807, 2.05) is 35.9 Å². The Bertz CT molecular complexity index is 683. The van der Waals surface area contributed by atoms with Crippen molar-refractivity contribution in [3.05, 3.63) is 30.6 Å². The standard InChI is InChI=1S/C16H18N4O/c1-20-9-17-19-15(20)10-3-2-4-14(8-10)18-16(21)13-6-11-5-12(11)7-13/h2-4,8-9,11-13H,5-7H2,1H3,(H,18,21). The van der Waals surface area contributed by atoms with Gasteiger partial charge in [0.2, 0.25) is 5.91 Å². The zero-order chi connectivity index (χ0) is 14.4. The van der Waals surface area contributed by atoms with Gasteiger partial charge in [0.1, 0.15) is 6.33 Å². The molecule has 2 aliphatic rings. The summed E-state index contributed by atoms with van der Waals surface area (Å²) >= 11 is 0. The Kier molecular flexibility index (Phi) is 2.80. The average molecular weight is 282 g/mol. The van der Waals surface area contributed by atoms with E-state index in [0.29, 0.717) is 0 Å². The lowest BCUT2D eigenvalue weighted by atomic mass is 10.0. The molecular weight excluding hydrogens is 264 g/mol. The Morgan fingerprint density at radius 2 is 2.10 bits per heavy atom. The predicted molar refractivity (Wildman–Crippen MR) is 79.4 cm³/mol. The van der Waals surface area contributed by atoms with E-state index < -0.39 is 0 Å². The molecule has 1 heterocycles. The SMILES string of the molecule is Cn1cnnc1-c1cccc(NC(=O)C2CC3CC3C2)c1. The average Bonchev–Trinajstić information content (AvgIpc) is 2.89. The quantitative estimate of drug-likeness (QED) is 0.940. The predicted octanol–water partition coefficient (Wildman–Crippen LogP) is 2.47. The van der Waals surface area contributed by atoms with Crippen molar-refractivity contribution in [1.29, 1.82) is 0 Å². The van der Waals surface area contributed by atoms with E-state index in [9.17, 15) is 4.79 Å². The summed E-state index contributed by atoms with van der Waals surface area (Å²) < 4.78 is 1.87. The van der Waals surface area contributed by atoms with Gasteiger partial charge in [-0.2, -0.15) is 0 Å². The molecule has 2 unspecified atom stereocenters. The van der Waals surface area contributed by atoms with Gasteiger partial charge in [-0.05, 0) is 43.2 Å². The van der Waals surface area contributed by atoms with Crippen LogP contribution in [0.3, 0.4) is 0 Å². The van der Waals surface area contributed by atoms with Gasteiger partial charge in [0.05, 0.1) is 0 Å². The van der Waals surface area contributed by atoms with Gasteiger partial charge in [0, 0.05) is 24.2 Å². The van der Waals surface area contributed by atoms with Gasteiger partial charge in [-0.15, -0.1) is 10.2 Å². The number of carbonyl (C=O) groups is 1. The van der Waals surface area contributed by atoms with Crippen LogP contribution in [0.15, 0.2) is 30.6 Å². The Labute approximate surface area is 123 Å². The minimum absolute atomic E-state index is 0.164. The molecule has 5 heteroatoms. The number of nitrogens with one attached hydrogen (secondary N) is 1. The van der Waals surface area contributed by atoms with Gasteiger partial charge in [-0.1, -0.05) is 12.1 Å². The maximum absolute atomic E-state index is 12.3. The highest BCUT2D eigenvalue weighted by atomic mass is 16.1. The first-order valence-electron chi connectivity index (χ1n) is 7.46. The molecule has 0 saturated heterocycles. The summed E-state index contributed by atoms with van der Waals surface area (Å²) in [5, 5.41) is 11.0. The van der Waals surface area contributed by atoms with Gasteiger partial charge < -0.3 is 9.88 Å². The van der Waals surface area contributed by atoms with E-state index in [1.165, 1.54) is 6.42 Å². The number of aryl methyl sites for hydroxylation is 1. The van der Waals surface area contributed by atoms with Crippen LogP contribution in [0, 0.1) is 17.8 Å². The van der Waals surface area contributed by atoms with E-state index in [-0.39, 0.29) is 11.8 Å². The number of aromatic nitrogens is 3. The lowest BCUT2D eigenvalue weighted by Gasteiger charge is -2.13. The molecule has 0 aliphatic heterocycles. The number of hydrogen-bond donors (Lipinski definition) is 1. The monoisotopic (exact) mass is 282 g/mol. The number of fused-ring (bicyclic) bond motifs is 1. The summed E-state index contributed by atoms with van der Waals surface area (Å²) in [6, 6.07) is 7.79. The van der Waals surface area contributed by atoms with Crippen LogP contribution < -0.4 is 5.32 Å². The van der Waals surface area contributed by atoms with Gasteiger partial charge in [0.25, 0.3) is 0 Å². The smallest absolute Gasteiger partial charge is 0.227 e. The molecule has 1 aromatic carbocycles. The maximum atomic E-state index is 12.3. The van der Waals surface area contributed by atoms with E-state index in [2.05, 4.69) is 15.5 Å². The second kappa shape index (κ2) is 4.69. The molecule has 2 aromatic rings. The van der Waals surface area contributed by atoms with Crippen molar-refractivity contribution in [1.82, 2.24) is 14.8 Å². The Balaban J connectivity index is 1.50. The number of nitrogens with zero attached hydrogens (tertiary/aromatic N) is 3. The zero-order valence-corrected chi connectivity index (χ0v) is 12.0. The number of anilines is 1. The van der Waals surface area contributed by atoms with Crippen LogP contribution in [-0.2, 0) is 11.8 Å². The minimum Gasteiger partial charge on any atom is -0.326 e. The molecule has 2 aliphatic carbocycles. The van der Waals surface area contributed by atoms with Gasteiger partial charge in [-0.25, -0.2) is 0 Å². The number of benzene rings is 1. The second-order valence-electron chi connectivity index (χ2n) is 6.26. The lowest BCUT2D eigenvalue weighted by molar-refractivity contribution is -0.120. The molecule has 0 radical (unpaired) electrons. The minimum atomic E-state index is 0.164. The largest absolute Gasteiger partial charge is 0.326 e. The molecular formula is C16H18N4O. The molecule has 4 rings (SSSR count). The Morgan fingerprint density at radius 1 is 1.29 bits per heavy atom. The third kappa shape index (κ3) is 2.33. The van der Waals surface area contributed by atoms with Crippen molar-refractivity contribution >= 4 is 11.6 Å². The molecule has 1 amide bonds. The highest BCUT2D eigenvalue weighted by molar-refractivity contribution is 5.93. The summed E-state index contributed by atoms with van der Waals surface area (Å²) in [5.74, 6) is 2.81. The van der Waals surface area contributed by atoms with Gasteiger partial charge >= 0.3 is 0 Å². The topological polar surface area (TPSA) is 59.8 Å². The van der Waals surface area contributed by atoms with Crippen molar-refractivity contribution in [3.63, 3.8) is 0 Å². The summed E-state index contributed by atoms with van der Waals surface area (Å²) in [6.45, 7) is 0. The van der Waals surface area contributed by atoms with Crippen LogP contribution in [0.25, 0.3) is 11.4 Å². The highest BCUT2D eigenvalue weighted by Gasteiger charge is 2.47. The first-order chi connectivity index (χ1) is 10.2. The Morgan fingerprint density at radius 3 is 2.81 bits per heavy atom. The van der Waals surface area contributed by atoms with E-state index >= 15 is 0 Å². The van der Waals surface area contributed by atoms with Crippen LogP contribution in [0.4, 0.5) is 5.69 Å². The second-order valence-corrected chi connectivity index (χ2v) is 6.26. The highest BCUT2D eigenvalue weighted by Crippen LogP contribution is 2.54. The maximum Gasteiger partial charge on any atom is 0.227 e. The van der Waals surface area contributed by atoms with Crippen molar-refractivity contribution in [2.45, 2.75) is 19.3 Å². The molecule has 1 aromatic heterocycles. The van der Waals surface area contributed by atoms with Crippen molar-refractivity contribution in [3.8, 4) is 11.4 Å². The molecule has 2 fully saturated rings. The van der Waals surface area contributed by atoms with E-state index in [1.54, 1.807) is 6.33 Å². The van der Waals surface area contributed by atoms with Crippen LogP contribution in [0.5, 0.6) is 0 Å². The molecule has 1 N–H and O–H groups in total. The third-order valence-electron chi connectivity index (χ3n) is 4.71. The van der Waals surface area contributed by atoms with Crippen molar-refractivity contribution in [2.75, 3.05) is 5.32 Å². The fourth-order valence-electron chi connectivity index (χ4n) is 3.45. The van der Waals surface area contributed by atoms with Crippen LogP contribution >= 0.6 is 0 Å². The molecule has 21 heavy (non-hydrogen) atoms. The van der Waals surface area contributed by atoms with Crippen LogP contribution in [-0.4, -0.2) is 20.7 Å². The number of amides is 1. The first kappa shape index (κ1) is 12.6. The van der Waals surface area contributed by atoms with Crippen molar-refractivity contribution < 1.29 is 4.79 Å². The van der Waals surface area contributed by atoms with Crippen LogP contribution in [0.1, 0.15) is 19.3 Å². The third-order valence-corrected chi connectivity index (χ3v) is 4.71. The van der Waals surface area contributed by atoms with Gasteiger partial charge in [-0.3, -0.25) is 4.79 Å². The summed E-state index contributed by atoms with van der Waals surface area (Å²) in [5.41, 5.74) is 1.79. The summed E-state index contributed by atoms with van der Waals surface area (Å²) in [7, 11) is 1.91. The van der Waals surface area contributed by atoms with E-state index in [4.69, 9.17) is 0 Å². The first-order valence-corrected chi connectivity index (χ1v) is 7.46. The fourth-order valence-corrected chi connectivity index (χ4v) is 3.45. The molecule has 0 bridgehead atoms. The van der Waals surface area contributed by atoms with Crippen molar-refractivity contribution in [2.24, 2.45) is 24.8 Å². The molecule has 2 atom stereocenters. The number of rotatable bonds is 3. The van der Waals surface area contributed by atoms with Gasteiger partial charge in [0.15, 0.2) is 5.82 Å². The summed E-state index contributed by atoms with van der Waals surface area (Å²) in [4.78, 5) is 12.3. The zero-order valence-electron chi connectivity index (χ0n) is 12.0. The normalized spacial score (nSPS) is 26.4. The summed E-state index contributed by atoms with van der Waals surface area (Å²) in [6.07, 6.45) is 5.15. The number of carbonyl (C=O) groups excluding carboxylic acids is 1. The molecule has 108 valence electrons. The molecule has 0 spiro atoms. The Hall–Kier alpha value is -2.17. The lowest BCUT2D eigenvalue weighted by Crippen LogP contribution is -2.21. The van der Waals surface area contributed by atoms with Crippen LogP contribution in [0.2, 0.25) is 0 Å². The molecule has 2 saturated carbocycles. The fraction of sp³-hybridized carbons (Fsp3) is 0.438. The van der Waals surface area contributed by atoms with E-state index in [0.717, 1.165) is 41.8 Å².